The van der Waals surface area contributed by atoms with E-state index in [1.807, 2.05) is 6.92 Å². The van der Waals surface area contributed by atoms with Crippen LogP contribution < -0.4 is 20.6 Å². The first-order valence-corrected chi connectivity index (χ1v) is 14.4. The third-order valence-corrected chi connectivity index (χ3v) is 7.30. The molecule has 0 bridgehead atoms. The van der Waals surface area contributed by atoms with Crippen LogP contribution in [0.5, 0.6) is 5.75 Å². The number of nitro groups is 1. The number of benzene rings is 1. The Labute approximate surface area is 258 Å². The number of hydrogen-bond acceptors (Lipinski definition) is 12. The number of rotatable bonds is 14. The maximum atomic E-state index is 13.2. The van der Waals surface area contributed by atoms with Crippen LogP contribution in [0.25, 0.3) is 10.2 Å². The fourth-order valence-corrected chi connectivity index (χ4v) is 5.30. The first-order chi connectivity index (χ1) is 21.5. The fourth-order valence-electron chi connectivity index (χ4n) is 4.21. The second-order valence-corrected chi connectivity index (χ2v) is 10.4. The van der Waals surface area contributed by atoms with Crippen molar-refractivity contribution >= 4 is 50.8 Å². The number of aliphatic hydroxyl groups excluding tert-OH is 1. The summed E-state index contributed by atoms with van der Waals surface area (Å²) in [4.78, 5) is 59.8. The molecule has 0 fully saturated rings. The average Bonchev–Trinajstić information content (AvgIpc) is 3.56. The smallest absolute Gasteiger partial charge is 0.337 e. The molecule has 17 heteroatoms. The molecule has 0 spiro atoms. The van der Waals surface area contributed by atoms with E-state index in [0.29, 0.717) is 34.6 Å². The summed E-state index contributed by atoms with van der Waals surface area (Å²) in [7, 11) is 0. The van der Waals surface area contributed by atoms with E-state index in [-0.39, 0.29) is 59.6 Å². The second kappa shape index (κ2) is 14.4. The van der Waals surface area contributed by atoms with Crippen LogP contribution in [0.2, 0.25) is 0 Å². The Morgan fingerprint density at radius 2 is 2.04 bits per heavy atom. The minimum Gasteiger partial charge on any atom is -0.491 e. The number of primary amides is 1. The number of thiazole rings is 1. The van der Waals surface area contributed by atoms with Gasteiger partial charge in [0.25, 0.3) is 0 Å². The SMILES string of the molecule is CCc1nc(C)oc1C(=O)/N=c1\sc2cc(C(N)=O)cc(OCCCO)c2n1C/C=C/CNc1ncc(C(=O)O)cc1[N+](=O)[O-]. The van der Waals surface area contributed by atoms with Crippen molar-refractivity contribution in [2.75, 3.05) is 25.1 Å². The van der Waals surface area contributed by atoms with Gasteiger partial charge in [0.1, 0.15) is 11.3 Å². The summed E-state index contributed by atoms with van der Waals surface area (Å²) < 4.78 is 13.6. The van der Waals surface area contributed by atoms with Crippen LogP contribution in [0.3, 0.4) is 0 Å². The number of carbonyl (C=O) groups is 3. The van der Waals surface area contributed by atoms with Crippen LogP contribution in [-0.2, 0) is 13.0 Å². The van der Waals surface area contributed by atoms with Crippen molar-refractivity contribution in [1.29, 1.82) is 0 Å². The first-order valence-electron chi connectivity index (χ1n) is 13.6. The van der Waals surface area contributed by atoms with Crippen LogP contribution in [0.15, 0.2) is 46.0 Å². The molecule has 4 aromatic rings. The number of carbonyl (C=O) groups excluding carboxylic acids is 2. The van der Waals surface area contributed by atoms with Crippen molar-refractivity contribution in [3.63, 3.8) is 0 Å². The maximum Gasteiger partial charge on any atom is 0.337 e. The number of ether oxygens (including phenoxy) is 1. The summed E-state index contributed by atoms with van der Waals surface area (Å²) in [5, 5.41) is 32.6. The molecule has 0 saturated carbocycles. The normalized spacial score (nSPS) is 11.8. The van der Waals surface area contributed by atoms with Gasteiger partial charge in [0.05, 0.1) is 27.5 Å². The lowest BCUT2D eigenvalue weighted by atomic mass is 10.2. The highest BCUT2D eigenvalue weighted by Crippen LogP contribution is 2.30. The predicted molar refractivity (Wildman–Crippen MR) is 162 cm³/mol. The molecule has 0 unspecified atom stereocenters. The lowest BCUT2D eigenvalue weighted by Crippen LogP contribution is -2.17. The number of pyridine rings is 1. The lowest BCUT2D eigenvalue weighted by molar-refractivity contribution is -0.384. The molecule has 5 N–H and O–H groups in total. The van der Waals surface area contributed by atoms with Crippen LogP contribution in [0, 0.1) is 17.0 Å². The highest BCUT2D eigenvalue weighted by Gasteiger charge is 2.21. The zero-order valence-corrected chi connectivity index (χ0v) is 25.0. The number of hydrogen-bond donors (Lipinski definition) is 4. The van der Waals surface area contributed by atoms with Gasteiger partial charge in [-0.05, 0) is 18.6 Å². The Morgan fingerprint density at radius 3 is 2.71 bits per heavy atom. The van der Waals surface area contributed by atoms with E-state index in [4.69, 9.17) is 20.0 Å². The van der Waals surface area contributed by atoms with Gasteiger partial charge in [0, 0.05) is 50.9 Å². The van der Waals surface area contributed by atoms with E-state index < -0.39 is 28.4 Å². The van der Waals surface area contributed by atoms with E-state index in [1.54, 1.807) is 29.7 Å². The molecule has 0 saturated heterocycles. The fraction of sp³-hybridized carbons (Fsp3) is 0.286. The number of nitrogens with zero attached hydrogens (tertiary/aromatic N) is 5. The molecular formula is C28H29N7O9S. The number of oxazole rings is 1. The van der Waals surface area contributed by atoms with Crippen molar-refractivity contribution in [3.05, 3.63) is 79.9 Å². The highest BCUT2D eigenvalue weighted by atomic mass is 32.1. The topological polar surface area (TPSA) is 238 Å². The number of amides is 2. The Hall–Kier alpha value is -5.42. The third kappa shape index (κ3) is 7.57. The van der Waals surface area contributed by atoms with Crippen LogP contribution >= 0.6 is 11.3 Å². The number of carboxylic acid groups (broad SMARTS) is 1. The lowest BCUT2D eigenvalue weighted by Gasteiger charge is -2.11. The number of carboxylic acids is 1. The quantitative estimate of drug-likeness (QED) is 0.0674. The van der Waals surface area contributed by atoms with Crippen molar-refractivity contribution in [2.24, 2.45) is 10.7 Å². The van der Waals surface area contributed by atoms with Crippen molar-refractivity contribution in [1.82, 2.24) is 14.5 Å². The number of fused-ring (bicyclic) bond motifs is 1. The average molecular weight is 640 g/mol. The summed E-state index contributed by atoms with van der Waals surface area (Å²) in [5.41, 5.74) is 5.88. The minimum absolute atomic E-state index is 0.0130. The molecule has 3 aromatic heterocycles. The van der Waals surface area contributed by atoms with Gasteiger partial charge < -0.3 is 35.0 Å². The largest absolute Gasteiger partial charge is 0.491 e. The zero-order valence-electron chi connectivity index (χ0n) is 24.2. The number of anilines is 1. The van der Waals surface area contributed by atoms with E-state index in [1.165, 1.54) is 6.07 Å². The number of nitrogens with one attached hydrogen (secondary N) is 1. The Bertz CT molecular complexity index is 1870. The van der Waals surface area contributed by atoms with E-state index in [0.717, 1.165) is 23.6 Å². The van der Waals surface area contributed by atoms with Gasteiger partial charge in [0.2, 0.25) is 17.5 Å². The molecule has 4 rings (SSSR count). The van der Waals surface area contributed by atoms with Gasteiger partial charge in [0.15, 0.2) is 10.7 Å². The van der Waals surface area contributed by atoms with Gasteiger partial charge in [-0.2, -0.15) is 4.99 Å². The molecule has 45 heavy (non-hydrogen) atoms. The van der Waals surface area contributed by atoms with E-state index >= 15 is 0 Å². The van der Waals surface area contributed by atoms with Crippen molar-refractivity contribution in [3.8, 4) is 5.75 Å². The molecule has 0 radical (unpaired) electrons. The summed E-state index contributed by atoms with van der Waals surface area (Å²) >= 11 is 1.12. The summed E-state index contributed by atoms with van der Waals surface area (Å²) in [5.74, 6) is -2.18. The van der Waals surface area contributed by atoms with Crippen LogP contribution in [-0.4, -0.2) is 67.2 Å². The molecule has 236 valence electrons. The monoisotopic (exact) mass is 639 g/mol. The number of aromatic carboxylic acids is 1. The molecule has 16 nitrogen and oxygen atoms in total. The van der Waals surface area contributed by atoms with Gasteiger partial charge in [-0.25, -0.2) is 14.8 Å². The van der Waals surface area contributed by atoms with Gasteiger partial charge in [-0.3, -0.25) is 19.7 Å². The predicted octanol–water partition coefficient (Wildman–Crippen LogP) is 2.83. The third-order valence-electron chi connectivity index (χ3n) is 6.27. The van der Waals surface area contributed by atoms with E-state index in [9.17, 15) is 29.6 Å². The number of allylic oxidation sites excluding steroid dienone is 1. The first kappa shape index (κ1) is 32.5. The van der Waals surface area contributed by atoms with Crippen molar-refractivity contribution in [2.45, 2.75) is 33.2 Å². The van der Waals surface area contributed by atoms with Gasteiger partial charge >= 0.3 is 17.6 Å². The number of aliphatic hydroxyl groups is 1. The molecule has 3 heterocycles. The highest BCUT2D eigenvalue weighted by molar-refractivity contribution is 7.16. The summed E-state index contributed by atoms with van der Waals surface area (Å²) in [6, 6.07) is 3.95. The number of aromatic nitrogens is 3. The Balaban J connectivity index is 1.72. The Kier molecular flexibility index (Phi) is 10.4. The maximum absolute atomic E-state index is 13.2. The Morgan fingerprint density at radius 1 is 1.27 bits per heavy atom. The molecule has 0 atom stereocenters. The second-order valence-electron chi connectivity index (χ2n) is 9.39. The molecule has 0 aliphatic carbocycles. The van der Waals surface area contributed by atoms with Gasteiger partial charge in [-0.15, -0.1) is 0 Å². The summed E-state index contributed by atoms with van der Waals surface area (Å²) in [6.45, 7) is 3.70. The zero-order chi connectivity index (χ0) is 32.7. The van der Waals surface area contributed by atoms with Gasteiger partial charge in [-0.1, -0.05) is 30.4 Å². The van der Waals surface area contributed by atoms with Crippen molar-refractivity contribution < 1.29 is 38.7 Å². The summed E-state index contributed by atoms with van der Waals surface area (Å²) in [6.07, 6.45) is 5.14. The number of aryl methyl sites for hydroxylation is 2. The van der Waals surface area contributed by atoms with Crippen LogP contribution in [0.1, 0.15) is 56.2 Å². The number of nitrogens with two attached hydrogens (primary N) is 1. The van der Waals surface area contributed by atoms with E-state index in [2.05, 4.69) is 20.3 Å². The molecule has 2 amide bonds. The molecule has 1 aromatic carbocycles. The van der Waals surface area contributed by atoms with Crippen LogP contribution in [0.4, 0.5) is 11.5 Å². The molecule has 0 aliphatic heterocycles. The minimum atomic E-state index is -1.34. The molecule has 0 aliphatic rings. The standard InChI is InChI=1S/C28H29N7O9S/c1-3-18-23(44-15(2)32-18)26(38)33-28-34(22-20(43-10-6-9-36)12-16(24(29)37)13-21(22)45-28)8-5-4-7-30-25-19(35(41)42)11-17(14-31-25)27(39)40/h4-5,11-14,36H,3,6-10H2,1-2H3,(H2,29,37)(H,30,31)(H,39,40)/b5-4+,33-28-. The molecular weight excluding hydrogens is 610 g/mol.